The Labute approximate surface area is 113 Å². The van der Waals surface area contributed by atoms with E-state index in [2.05, 4.69) is 5.32 Å². The van der Waals surface area contributed by atoms with Crippen LogP contribution >= 0.6 is 0 Å². The van der Waals surface area contributed by atoms with E-state index in [1.54, 1.807) is 7.05 Å². The molecule has 1 amide bonds. The van der Waals surface area contributed by atoms with Crippen molar-refractivity contribution in [2.24, 2.45) is 0 Å². The maximum Gasteiger partial charge on any atom is 0.307 e. The molecule has 0 saturated carbocycles. The summed E-state index contributed by atoms with van der Waals surface area (Å²) in [4.78, 5) is 23.9. The maximum atomic E-state index is 11.3. The van der Waals surface area contributed by atoms with E-state index in [0.29, 0.717) is 13.1 Å². The molecule has 0 bridgehead atoms. The molecule has 0 aliphatic carbocycles. The van der Waals surface area contributed by atoms with Gasteiger partial charge in [0.25, 0.3) is 0 Å². The molecule has 1 aromatic rings. The molecular weight excluding hydrogens is 244 g/mol. The number of carboxylic acids is 1. The van der Waals surface area contributed by atoms with E-state index >= 15 is 0 Å². The lowest BCUT2D eigenvalue weighted by molar-refractivity contribution is -0.136. The largest absolute Gasteiger partial charge is 0.481 e. The van der Waals surface area contributed by atoms with E-state index < -0.39 is 5.97 Å². The van der Waals surface area contributed by atoms with Crippen LogP contribution in [-0.4, -0.2) is 42.0 Å². The predicted molar refractivity (Wildman–Crippen MR) is 72.8 cm³/mol. The number of carbonyl (C=O) groups is 2. The number of benzene rings is 1. The van der Waals surface area contributed by atoms with Crippen LogP contribution in [0.1, 0.15) is 18.1 Å². The van der Waals surface area contributed by atoms with Gasteiger partial charge >= 0.3 is 5.97 Å². The summed E-state index contributed by atoms with van der Waals surface area (Å²) in [6, 6.07) is 7.45. The number of amides is 1. The van der Waals surface area contributed by atoms with Crippen molar-refractivity contribution in [1.82, 2.24) is 10.2 Å². The lowest BCUT2D eigenvalue weighted by Gasteiger charge is -2.19. The van der Waals surface area contributed by atoms with Gasteiger partial charge in [0.1, 0.15) is 0 Å². The summed E-state index contributed by atoms with van der Waals surface area (Å²) >= 11 is 0. The molecule has 1 rings (SSSR count). The van der Waals surface area contributed by atoms with Crippen molar-refractivity contribution in [1.29, 1.82) is 0 Å². The zero-order chi connectivity index (χ0) is 14.3. The van der Waals surface area contributed by atoms with Crippen molar-refractivity contribution >= 4 is 11.9 Å². The Morgan fingerprint density at radius 2 is 1.79 bits per heavy atom. The van der Waals surface area contributed by atoms with Crippen molar-refractivity contribution in [2.75, 3.05) is 20.1 Å². The number of hydrogen-bond donors (Lipinski definition) is 2. The third-order valence-corrected chi connectivity index (χ3v) is 2.88. The van der Waals surface area contributed by atoms with E-state index in [4.69, 9.17) is 5.11 Å². The fourth-order valence-corrected chi connectivity index (χ4v) is 1.76. The van der Waals surface area contributed by atoms with E-state index in [-0.39, 0.29) is 12.3 Å². The zero-order valence-electron chi connectivity index (χ0n) is 11.3. The Kier molecular flexibility index (Phi) is 6.02. The standard InChI is InChI=1S/C14H20N2O3/c1-3-16(10-13(17)15-2)9-12-6-4-11(5-7-12)8-14(18)19/h4-7H,3,8-10H2,1-2H3,(H,15,17)(H,18,19). The van der Waals surface area contributed by atoms with Crippen molar-refractivity contribution in [2.45, 2.75) is 19.9 Å². The molecule has 0 fully saturated rings. The van der Waals surface area contributed by atoms with Gasteiger partial charge in [0.05, 0.1) is 13.0 Å². The first-order valence-electron chi connectivity index (χ1n) is 6.27. The minimum absolute atomic E-state index is 0.00986. The summed E-state index contributed by atoms with van der Waals surface area (Å²) in [5.74, 6) is -0.841. The van der Waals surface area contributed by atoms with Crippen LogP contribution < -0.4 is 5.32 Å². The first kappa shape index (κ1) is 15.2. The molecule has 1 aromatic carbocycles. The number of hydrogen-bond acceptors (Lipinski definition) is 3. The minimum Gasteiger partial charge on any atom is -0.481 e. The highest BCUT2D eigenvalue weighted by Crippen LogP contribution is 2.08. The third kappa shape index (κ3) is 5.52. The molecule has 5 heteroatoms. The highest BCUT2D eigenvalue weighted by Gasteiger charge is 2.08. The molecule has 19 heavy (non-hydrogen) atoms. The summed E-state index contributed by atoms with van der Waals surface area (Å²) < 4.78 is 0. The average Bonchev–Trinajstić information content (AvgIpc) is 2.39. The molecule has 2 N–H and O–H groups in total. The number of likely N-dealkylation sites (N-methyl/N-ethyl adjacent to an activating group) is 2. The number of carboxylic acid groups (broad SMARTS) is 1. The summed E-state index contributed by atoms with van der Waals surface area (Å²) in [5.41, 5.74) is 1.85. The Morgan fingerprint density at radius 1 is 1.21 bits per heavy atom. The van der Waals surface area contributed by atoms with E-state index in [0.717, 1.165) is 17.7 Å². The topological polar surface area (TPSA) is 69.6 Å². The second-order valence-corrected chi connectivity index (χ2v) is 4.36. The molecule has 0 heterocycles. The third-order valence-electron chi connectivity index (χ3n) is 2.88. The number of rotatable bonds is 7. The van der Waals surface area contributed by atoms with Gasteiger partial charge in [0.15, 0.2) is 0 Å². The van der Waals surface area contributed by atoms with Crippen LogP contribution in [0.25, 0.3) is 0 Å². The van der Waals surface area contributed by atoms with Crippen LogP contribution in [0.4, 0.5) is 0 Å². The van der Waals surface area contributed by atoms with Gasteiger partial charge < -0.3 is 10.4 Å². The monoisotopic (exact) mass is 264 g/mol. The fourth-order valence-electron chi connectivity index (χ4n) is 1.76. The van der Waals surface area contributed by atoms with Gasteiger partial charge in [-0.05, 0) is 17.7 Å². The Morgan fingerprint density at radius 3 is 2.26 bits per heavy atom. The molecule has 0 aromatic heterocycles. The van der Waals surface area contributed by atoms with Crippen LogP contribution in [0.5, 0.6) is 0 Å². The Bertz CT molecular complexity index is 429. The van der Waals surface area contributed by atoms with E-state index in [1.165, 1.54) is 0 Å². The van der Waals surface area contributed by atoms with Crippen LogP contribution in [0.2, 0.25) is 0 Å². The summed E-state index contributed by atoms with van der Waals surface area (Å²) in [6.45, 7) is 3.83. The second kappa shape index (κ2) is 7.53. The summed E-state index contributed by atoms with van der Waals surface area (Å²) in [6.07, 6.45) is 0.0377. The van der Waals surface area contributed by atoms with Crippen LogP contribution in [0.3, 0.4) is 0 Å². The van der Waals surface area contributed by atoms with Gasteiger partial charge in [0, 0.05) is 13.6 Å². The number of aliphatic carboxylic acids is 1. The predicted octanol–water partition coefficient (Wildman–Crippen LogP) is 0.882. The summed E-state index contributed by atoms with van der Waals surface area (Å²) in [7, 11) is 1.62. The maximum absolute atomic E-state index is 11.3. The number of carbonyl (C=O) groups excluding carboxylic acids is 1. The molecule has 0 spiro atoms. The van der Waals surface area contributed by atoms with Gasteiger partial charge in [-0.1, -0.05) is 31.2 Å². The highest BCUT2D eigenvalue weighted by molar-refractivity contribution is 5.77. The van der Waals surface area contributed by atoms with Gasteiger partial charge in [0.2, 0.25) is 5.91 Å². The number of nitrogens with zero attached hydrogens (tertiary/aromatic N) is 1. The average molecular weight is 264 g/mol. The molecule has 0 aliphatic heterocycles. The minimum atomic E-state index is -0.831. The molecule has 0 aliphatic rings. The van der Waals surface area contributed by atoms with Crippen molar-refractivity contribution in [3.8, 4) is 0 Å². The van der Waals surface area contributed by atoms with Gasteiger partial charge in [-0.15, -0.1) is 0 Å². The van der Waals surface area contributed by atoms with Crippen molar-refractivity contribution in [3.63, 3.8) is 0 Å². The van der Waals surface area contributed by atoms with Crippen LogP contribution in [0.15, 0.2) is 24.3 Å². The first-order chi connectivity index (χ1) is 9.05. The van der Waals surface area contributed by atoms with Gasteiger partial charge in [-0.3, -0.25) is 14.5 Å². The quantitative estimate of drug-likeness (QED) is 0.767. The van der Waals surface area contributed by atoms with Gasteiger partial charge in [-0.25, -0.2) is 0 Å². The van der Waals surface area contributed by atoms with Crippen LogP contribution in [-0.2, 0) is 22.6 Å². The molecule has 0 saturated heterocycles. The highest BCUT2D eigenvalue weighted by atomic mass is 16.4. The normalized spacial score (nSPS) is 10.5. The first-order valence-corrected chi connectivity index (χ1v) is 6.27. The molecule has 5 nitrogen and oxygen atoms in total. The Balaban J connectivity index is 2.60. The molecule has 104 valence electrons. The zero-order valence-corrected chi connectivity index (χ0v) is 11.3. The summed E-state index contributed by atoms with van der Waals surface area (Å²) in [5, 5.41) is 11.3. The number of nitrogens with one attached hydrogen (secondary N) is 1. The lowest BCUT2D eigenvalue weighted by Crippen LogP contribution is -2.35. The second-order valence-electron chi connectivity index (χ2n) is 4.36. The van der Waals surface area contributed by atoms with Crippen molar-refractivity contribution in [3.05, 3.63) is 35.4 Å². The van der Waals surface area contributed by atoms with Crippen molar-refractivity contribution < 1.29 is 14.7 Å². The molecule has 0 radical (unpaired) electrons. The molecular formula is C14H20N2O3. The lowest BCUT2D eigenvalue weighted by atomic mass is 10.1. The smallest absolute Gasteiger partial charge is 0.307 e. The van der Waals surface area contributed by atoms with Crippen LogP contribution in [0, 0.1) is 0 Å². The van der Waals surface area contributed by atoms with E-state index in [9.17, 15) is 9.59 Å². The van der Waals surface area contributed by atoms with E-state index in [1.807, 2.05) is 36.1 Å². The Hall–Kier alpha value is -1.88. The SMILES string of the molecule is CCN(CC(=O)NC)Cc1ccc(CC(=O)O)cc1. The fraction of sp³-hybridized carbons (Fsp3) is 0.429. The molecule has 0 unspecified atom stereocenters. The van der Waals surface area contributed by atoms with Gasteiger partial charge in [-0.2, -0.15) is 0 Å². The molecule has 0 atom stereocenters.